The van der Waals surface area contributed by atoms with E-state index in [2.05, 4.69) is 10.2 Å². The molecule has 1 aromatic carbocycles. The summed E-state index contributed by atoms with van der Waals surface area (Å²) in [7, 11) is 1.22. The lowest BCUT2D eigenvalue weighted by Crippen LogP contribution is -2.19. The minimum atomic E-state index is -1.03. The van der Waals surface area contributed by atoms with Crippen molar-refractivity contribution >= 4 is 11.9 Å². The highest BCUT2D eigenvalue weighted by Crippen LogP contribution is 2.29. The fourth-order valence-corrected chi connectivity index (χ4v) is 3.11. The fourth-order valence-electron chi connectivity index (χ4n) is 3.11. The minimum Gasteiger partial charge on any atom is -0.493 e. The van der Waals surface area contributed by atoms with E-state index in [1.807, 2.05) is 13.8 Å². The molecule has 0 saturated heterocycles. The van der Waals surface area contributed by atoms with Crippen molar-refractivity contribution in [2.75, 3.05) is 13.7 Å². The Kier molecular flexibility index (Phi) is 6.20. The van der Waals surface area contributed by atoms with Crippen LogP contribution in [0.3, 0.4) is 0 Å². The molecule has 0 fully saturated rings. The van der Waals surface area contributed by atoms with Crippen LogP contribution in [0.15, 0.2) is 41.5 Å². The molecule has 158 valence electrons. The normalized spacial score (nSPS) is 12.1. The van der Waals surface area contributed by atoms with Crippen LogP contribution in [0.1, 0.15) is 42.2 Å². The number of H-pyrrole nitrogens is 1. The molecule has 2 aliphatic heterocycles. The maximum absolute atomic E-state index is 12.2. The van der Waals surface area contributed by atoms with Gasteiger partial charge in [0, 0.05) is 12.4 Å². The smallest absolute Gasteiger partial charge is 0.341 e. The van der Waals surface area contributed by atoms with Gasteiger partial charge < -0.3 is 19.1 Å². The van der Waals surface area contributed by atoms with Gasteiger partial charge in [0.25, 0.3) is 5.56 Å². The number of nitrogens with zero attached hydrogens (tertiary/aromatic N) is 2. The number of pyridine rings is 1. The van der Waals surface area contributed by atoms with Gasteiger partial charge in [-0.05, 0) is 23.6 Å². The molecule has 0 unspecified atom stereocenters. The van der Waals surface area contributed by atoms with Crippen LogP contribution in [0, 0.1) is 5.92 Å². The second-order valence-corrected chi connectivity index (χ2v) is 7.31. The third-order valence-corrected chi connectivity index (χ3v) is 4.56. The van der Waals surface area contributed by atoms with E-state index in [0.29, 0.717) is 23.8 Å². The monoisotopic (exact) mass is 413 g/mol. The molecule has 9 nitrogen and oxygen atoms in total. The molecule has 0 spiro atoms. The Morgan fingerprint density at radius 3 is 2.50 bits per heavy atom. The average molecular weight is 413 g/mol. The number of hydrogen-bond donors (Lipinski definition) is 2. The molecule has 0 bridgehead atoms. The molecule has 0 aromatic heterocycles. The lowest BCUT2D eigenvalue weighted by molar-refractivity contribution is -0.137. The molecule has 2 aliphatic rings. The number of aromatic nitrogens is 3. The number of methoxy groups -OCH3 is 1. The molecule has 2 N–H and O–H groups in total. The zero-order valence-electron chi connectivity index (χ0n) is 16.9. The summed E-state index contributed by atoms with van der Waals surface area (Å²) < 4.78 is 12.0. The van der Waals surface area contributed by atoms with E-state index < -0.39 is 23.5 Å². The predicted molar refractivity (Wildman–Crippen MR) is 108 cm³/mol. The number of rotatable bonds is 8. The Morgan fingerprint density at radius 1 is 1.20 bits per heavy atom. The van der Waals surface area contributed by atoms with Gasteiger partial charge in [-0.1, -0.05) is 26.0 Å². The standard InChI is InChI=1S/C21H23N3O6/c1-12(2)11-30-14-6-4-13(5-7-14)17(8-18(25)26)24-9-15-19(22-23-20(15)27)16(10-24)21(28)29-3/h4-7,9-10,12,17H,8,11H2,1-3H3,(H,23,27)(H,25,26)/t17-/m0/s1. The van der Waals surface area contributed by atoms with Gasteiger partial charge in [-0.25, -0.2) is 9.89 Å². The molecule has 3 rings (SSSR count). The van der Waals surface area contributed by atoms with Crippen molar-refractivity contribution in [3.63, 3.8) is 0 Å². The molecule has 30 heavy (non-hydrogen) atoms. The van der Waals surface area contributed by atoms with Crippen molar-refractivity contribution in [3.8, 4) is 17.0 Å². The summed E-state index contributed by atoms with van der Waals surface area (Å²) in [6, 6.07) is 6.41. The van der Waals surface area contributed by atoms with Gasteiger partial charge in [-0.2, -0.15) is 5.10 Å². The Hall–Kier alpha value is -3.62. The van der Waals surface area contributed by atoms with Crippen molar-refractivity contribution in [1.29, 1.82) is 0 Å². The predicted octanol–water partition coefficient (Wildman–Crippen LogP) is 2.56. The molecule has 0 aliphatic carbocycles. The number of esters is 1. The number of aromatic amines is 1. The summed E-state index contributed by atoms with van der Waals surface area (Å²) in [6.45, 7) is 4.66. The number of hydrogen-bond acceptors (Lipinski definition) is 6. The van der Waals surface area contributed by atoms with Crippen LogP contribution >= 0.6 is 0 Å². The summed E-state index contributed by atoms with van der Waals surface area (Å²) in [5.41, 5.74) is 0.627. The van der Waals surface area contributed by atoms with Crippen molar-refractivity contribution in [3.05, 3.63) is 58.1 Å². The number of carboxylic acid groups (broad SMARTS) is 1. The molecule has 9 heteroatoms. The number of fused-ring (bicyclic) bond motifs is 1. The highest BCUT2D eigenvalue weighted by atomic mass is 16.5. The van der Waals surface area contributed by atoms with Crippen LogP contribution < -0.4 is 10.3 Å². The van der Waals surface area contributed by atoms with E-state index in [9.17, 15) is 19.5 Å². The van der Waals surface area contributed by atoms with Crippen molar-refractivity contribution in [1.82, 2.24) is 14.8 Å². The molecule has 2 heterocycles. The summed E-state index contributed by atoms with van der Waals surface area (Å²) in [5.74, 6) is -0.650. The Labute approximate surface area is 172 Å². The van der Waals surface area contributed by atoms with Gasteiger partial charge >= 0.3 is 11.9 Å². The van der Waals surface area contributed by atoms with Gasteiger partial charge in [-0.3, -0.25) is 9.59 Å². The number of aliphatic carboxylic acids is 1. The zero-order valence-corrected chi connectivity index (χ0v) is 16.9. The first-order chi connectivity index (χ1) is 14.3. The van der Waals surface area contributed by atoms with Gasteiger partial charge in [-0.15, -0.1) is 0 Å². The van der Waals surface area contributed by atoms with Crippen LogP contribution in [0.4, 0.5) is 0 Å². The van der Waals surface area contributed by atoms with Crippen LogP contribution in [0.5, 0.6) is 5.75 Å². The van der Waals surface area contributed by atoms with Crippen LogP contribution in [-0.4, -0.2) is 45.5 Å². The van der Waals surface area contributed by atoms with Crippen molar-refractivity contribution in [2.24, 2.45) is 5.92 Å². The molecule has 1 aromatic rings. The van der Waals surface area contributed by atoms with E-state index in [-0.39, 0.29) is 23.2 Å². The lowest BCUT2D eigenvalue weighted by atomic mass is 10.0. The van der Waals surface area contributed by atoms with E-state index in [1.54, 1.807) is 24.3 Å². The third-order valence-electron chi connectivity index (χ3n) is 4.56. The molecule has 0 radical (unpaired) electrons. The highest BCUT2D eigenvalue weighted by molar-refractivity contribution is 5.96. The SMILES string of the molecule is COC(=O)c1cn([C@@H](CC(=O)O)c2ccc(OCC(C)C)cc2)cc2c(=O)[nH]nc1-2. The number of ether oxygens (including phenoxy) is 2. The van der Waals surface area contributed by atoms with E-state index >= 15 is 0 Å². The minimum absolute atomic E-state index is 0.0700. The summed E-state index contributed by atoms with van der Waals surface area (Å²) in [5, 5.41) is 15.6. The Morgan fingerprint density at radius 2 is 1.90 bits per heavy atom. The summed E-state index contributed by atoms with van der Waals surface area (Å²) in [4.78, 5) is 35.9. The first kappa shape index (κ1) is 21.1. The quantitative estimate of drug-likeness (QED) is 0.544. The van der Waals surface area contributed by atoms with Crippen LogP contribution in [0.2, 0.25) is 0 Å². The average Bonchev–Trinajstić information content (AvgIpc) is 3.10. The van der Waals surface area contributed by atoms with E-state index in [1.165, 1.54) is 24.1 Å². The van der Waals surface area contributed by atoms with E-state index in [0.717, 1.165) is 0 Å². The first-order valence-electron chi connectivity index (χ1n) is 9.43. The van der Waals surface area contributed by atoms with Gasteiger partial charge in [0.1, 0.15) is 17.0 Å². The lowest BCUT2D eigenvalue weighted by Gasteiger charge is -2.22. The molecule has 1 atom stereocenters. The highest BCUT2D eigenvalue weighted by Gasteiger charge is 2.25. The van der Waals surface area contributed by atoms with Gasteiger partial charge in [0.05, 0.1) is 31.7 Å². The second-order valence-electron chi connectivity index (χ2n) is 7.31. The Balaban J connectivity index is 2.06. The molecular weight excluding hydrogens is 390 g/mol. The summed E-state index contributed by atoms with van der Waals surface area (Å²) in [6.07, 6.45) is 2.69. The molecule has 0 amide bonds. The van der Waals surface area contributed by atoms with Crippen molar-refractivity contribution < 1.29 is 24.2 Å². The van der Waals surface area contributed by atoms with Crippen molar-refractivity contribution in [2.45, 2.75) is 26.3 Å². The number of carbonyl (C=O) groups excluding carboxylic acids is 1. The summed E-state index contributed by atoms with van der Waals surface area (Å²) >= 11 is 0. The van der Waals surface area contributed by atoms with Gasteiger partial charge in [0.2, 0.25) is 0 Å². The first-order valence-corrected chi connectivity index (χ1v) is 9.43. The van der Waals surface area contributed by atoms with Crippen LogP contribution in [-0.2, 0) is 9.53 Å². The maximum atomic E-state index is 12.2. The maximum Gasteiger partial charge on any atom is 0.341 e. The molecular formula is C21H23N3O6. The fraction of sp³-hybridized carbons (Fsp3) is 0.333. The number of nitrogens with one attached hydrogen (secondary N) is 1. The van der Waals surface area contributed by atoms with Crippen LogP contribution in [0.25, 0.3) is 11.3 Å². The number of benzene rings is 1. The Bertz CT molecular complexity index is 1070. The largest absolute Gasteiger partial charge is 0.493 e. The zero-order chi connectivity index (χ0) is 21.8. The molecule has 0 saturated carbocycles. The number of carboxylic acids is 1. The third kappa shape index (κ3) is 4.51. The van der Waals surface area contributed by atoms with Gasteiger partial charge in [0.15, 0.2) is 0 Å². The van der Waals surface area contributed by atoms with E-state index in [4.69, 9.17) is 9.47 Å². The number of carbonyl (C=O) groups is 2. The topological polar surface area (TPSA) is 124 Å². The second kappa shape index (κ2) is 8.81.